The van der Waals surface area contributed by atoms with Crippen molar-refractivity contribution in [3.05, 3.63) is 93.5 Å². The fourth-order valence-electron chi connectivity index (χ4n) is 4.46. The van der Waals surface area contributed by atoms with Crippen molar-refractivity contribution in [3.8, 4) is 0 Å². The van der Waals surface area contributed by atoms with Crippen LogP contribution in [0.2, 0.25) is 10.0 Å². The SMILES string of the molecule is CC[C@@H](C(=O)NC(C)(C)C)N(Cc1c(Cl)cccc1Cl)C(=O)CN(c1cccc(C)c1C)S(=O)(=O)c1ccccc1. The van der Waals surface area contributed by atoms with Crippen LogP contribution in [-0.4, -0.2) is 43.3 Å². The number of anilines is 1. The van der Waals surface area contributed by atoms with Gasteiger partial charge in [0.2, 0.25) is 11.8 Å². The number of sulfonamides is 1. The van der Waals surface area contributed by atoms with Crippen LogP contribution in [0, 0.1) is 13.8 Å². The molecule has 10 heteroatoms. The molecule has 0 unspecified atom stereocenters. The zero-order chi connectivity index (χ0) is 30.5. The monoisotopic (exact) mass is 617 g/mol. The van der Waals surface area contributed by atoms with E-state index in [1.165, 1.54) is 17.0 Å². The highest BCUT2D eigenvalue weighted by Gasteiger charge is 2.35. The van der Waals surface area contributed by atoms with Crippen LogP contribution < -0.4 is 9.62 Å². The molecule has 0 saturated carbocycles. The first-order chi connectivity index (χ1) is 19.2. The highest BCUT2D eigenvalue weighted by Crippen LogP contribution is 2.31. The summed E-state index contributed by atoms with van der Waals surface area (Å²) < 4.78 is 29.1. The Kier molecular flexibility index (Phi) is 10.5. The van der Waals surface area contributed by atoms with Crippen LogP contribution in [0.15, 0.2) is 71.6 Å². The topological polar surface area (TPSA) is 86.8 Å². The van der Waals surface area contributed by atoms with Crippen LogP contribution in [0.1, 0.15) is 50.8 Å². The van der Waals surface area contributed by atoms with E-state index < -0.39 is 34.1 Å². The summed E-state index contributed by atoms with van der Waals surface area (Å²) in [7, 11) is -4.16. The van der Waals surface area contributed by atoms with Crippen molar-refractivity contribution in [2.24, 2.45) is 0 Å². The summed E-state index contributed by atoms with van der Waals surface area (Å²) in [4.78, 5) is 29.1. The van der Waals surface area contributed by atoms with Crippen molar-refractivity contribution in [1.29, 1.82) is 0 Å². The van der Waals surface area contributed by atoms with Crippen molar-refractivity contribution in [3.63, 3.8) is 0 Å². The number of benzene rings is 3. The molecule has 1 atom stereocenters. The number of aryl methyl sites for hydroxylation is 1. The number of amides is 2. The van der Waals surface area contributed by atoms with Gasteiger partial charge in [0.05, 0.1) is 10.6 Å². The lowest BCUT2D eigenvalue weighted by atomic mass is 10.1. The highest BCUT2D eigenvalue weighted by atomic mass is 35.5. The Morgan fingerprint density at radius 1 is 0.902 bits per heavy atom. The average Bonchev–Trinajstić information content (AvgIpc) is 2.90. The normalized spacial score (nSPS) is 12.5. The molecule has 0 aliphatic heterocycles. The Bertz CT molecular complexity index is 1490. The molecule has 0 spiro atoms. The summed E-state index contributed by atoms with van der Waals surface area (Å²) in [6.07, 6.45) is 0.282. The number of nitrogens with zero attached hydrogens (tertiary/aromatic N) is 2. The summed E-state index contributed by atoms with van der Waals surface area (Å²) in [5, 5.41) is 3.62. The van der Waals surface area contributed by atoms with Crippen LogP contribution in [0.5, 0.6) is 0 Å². The molecule has 1 N–H and O–H groups in total. The lowest BCUT2D eigenvalue weighted by molar-refractivity contribution is -0.141. The molecule has 41 heavy (non-hydrogen) atoms. The van der Waals surface area contributed by atoms with Gasteiger partial charge in [-0.2, -0.15) is 0 Å². The van der Waals surface area contributed by atoms with Crippen LogP contribution in [0.4, 0.5) is 5.69 Å². The first-order valence-corrected chi connectivity index (χ1v) is 15.5. The smallest absolute Gasteiger partial charge is 0.264 e. The molecule has 220 valence electrons. The van der Waals surface area contributed by atoms with Crippen molar-refractivity contribution in [2.45, 2.75) is 71.0 Å². The zero-order valence-electron chi connectivity index (χ0n) is 24.2. The van der Waals surface area contributed by atoms with E-state index in [0.29, 0.717) is 21.3 Å². The maximum Gasteiger partial charge on any atom is 0.264 e. The minimum atomic E-state index is -4.16. The fraction of sp³-hybridized carbons (Fsp3) is 0.355. The first kappa shape index (κ1) is 32.4. The van der Waals surface area contributed by atoms with Gasteiger partial charge in [-0.3, -0.25) is 13.9 Å². The Morgan fingerprint density at radius 3 is 2.05 bits per heavy atom. The molecular weight excluding hydrogens is 581 g/mol. The molecule has 3 aromatic rings. The lowest BCUT2D eigenvalue weighted by Gasteiger charge is -2.35. The molecule has 3 aromatic carbocycles. The van der Waals surface area contributed by atoms with Gasteiger partial charge < -0.3 is 10.2 Å². The molecule has 0 fully saturated rings. The molecule has 0 aromatic heterocycles. The molecule has 0 saturated heterocycles. The number of nitrogens with one attached hydrogen (secondary N) is 1. The van der Waals surface area contributed by atoms with Gasteiger partial charge >= 0.3 is 0 Å². The maximum atomic E-state index is 14.3. The quantitative estimate of drug-likeness (QED) is 0.280. The third kappa shape index (κ3) is 7.82. The molecular formula is C31H37Cl2N3O4S. The van der Waals surface area contributed by atoms with Crippen molar-refractivity contribution in [1.82, 2.24) is 10.2 Å². The van der Waals surface area contributed by atoms with E-state index in [2.05, 4.69) is 5.32 Å². The van der Waals surface area contributed by atoms with Crippen molar-refractivity contribution in [2.75, 3.05) is 10.8 Å². The standard InChI is InChI=1S/C31H37Cl2N3O4S/c1-7-27(30(38)34-31(4,5)6)35(19-24-25(32)16-12-17-26(24)33)29(37)20-36(28-18-11-13-21(2)22(28)3)41(39,40)23-14-9-8-10-15-23/h8-18,27H,7,19-20H2,1-6H3,(H,34,38)/t27-/m0/s1. The number of carbonyl (C=O) groups excluding carboxylic acids is 2. The number of rotatable bonds is 10. The van der Waals surface area contributed by atoms with E-state index in [0.717, 1.165) is 15.4 Å². The summed E-state index contributed by atoms with van der Waals surface area (Å²) in [6.45, 7) is 10.4. The van der Waals surface area contributed by atoms with E-state index in [1.807, 2.05) is 40.7 Å². The second-order valence-corrected chi connectivity index (χ2v) is 13.6. The largest absolute Gasteiger partial charge is 0.350 e. The van der Waals surface area contributed by atoms with Gasteiger partial charge in [0.15, 0.2) is 0 Å². The second kappa shape index (κ2) is 13.3. The van der Waals surface area contributed by atoms with Crippen LogP contribution in [0.3, 0.4) is 0 Å². The van der Waals surface area contributed by atoms with Crippen molar-refractivity contribution < 1.29 is 18.0 Å². The molecule has 3 rings (SSSR count). The second-order valence-electron chi connectivity index (χ2n) is 10.9. The van der Waals surface area contributed by atoms with Gasteiger partial charge in [-0.25, -0.2) is 8.42 Å². The first-order valence-electron chi connectivity index (χ1n) is 13.4. The van der Waals surface area contributed by atoms with E-state index in [-0.39, 0.29) is 23.8 Å². The Morgan fingerprint density at radius 2 is 1.49 bits per heavy atom. The Balaban J connectivity index is 2.15. The minimum absolute atomic E-state index is 0.0481. The van der Waals surface area contributed by atoms with Gasteiger partial charge in [-0.15, -0.1) is 0 Å². The van der Waals surface area contributed by atoms with E-state index >= 15 is 0 Å². The summed E-state index contributed by atoms with van der Waals surface area (Å²) in [5.74, 6) is -0.932. The summed E-state index contributed by atoms with van der Waals surface area (Å²) in [6, 6.07) is 17.4. The molecule has 0 aliphatic carbocycles. The predicted octanol–water partition coefficient (Wildman–Crippen LogP) is 6.53. The predicted molar refractivity (Wildman–Crippen MR) is 166 cm³/mol. The third-order valence-electron chi connectivity index (χ3n) is 6.73. The number of halogens is 2. The molecule has 7 nitrogen and oxygen atoms in total. The van der Waals surface area contributed by atoms with Gasteiger partial charge in [0.1, 0.15) is 12.6 Å². The number of hydrogen-bond acceptors (Lipinski definition) is 4. The average molecular weight is 619 g/mol. The highest BCUT2D eigenvalue weighted by molar-refractivity contribution is 7.92. The van der Waals surface area contributed by atoms with Gasteiger partial charge in [-0.05, 0) is 82.5 Å². The summed E-state index contributed by atoms with van der Waals surface area (Å²) in [5.41, 5.74) is 1.89. The van der Waals surface area contributed by atoms with Gasteiger partial charge in [0, 0.05) is 27.7 Å². The summed E-state index contributed by atoms with van der Waals surface area (Å²) >= 11 is 13.0. The number of carbonyl (C=O) groups is 2. The van der Waals surface area contributed by atoms with Gasteiger partial charge in [0.25, 0.3) is 10.0 Å². The van der Waals surface area contributed by atoms with Crippen LogP contribution >= 0.6 is 23.2 Å². The number of hydrogen-bond donors (Lipinski definition) is 1. The molecule has 0 heterocycles. The minimum Gasteiger partial charge on any atom is -0.350 e. The van der Waals surface area contributed by atoms with Crippen LogP contribution in [-0.2, 0) is 26.2 Å². The third-order valence-corrected chi connectivity index (χ3v) is 9.21. The van der Waals surface area contributed by atoms with Crippen molar-refractivity contribution >= 4 is 50.7 Å². The Hall–Kier alpha value is -3.07. The van der Waals surface area contributed by atoms with E-state index in [1.54, 1.807) is 55.5 Å². The Labute approximate surface area is 253 Å². The van der Waals surface area contributed by atoms with Gasteiger partial charge in [-0.1, -0.05) is 66.5 Å². The maximum absolute atomic E-state index is 14.3. The molecule has 0 radical (unpaired) electrons. The van der Waals surface area contributed by atoms with Crippen LogP contribution in [0.25, 0.3) is 0 Å². The fourth-order valence-corrected chi connectivity index (χ4v) is 6.47. The molecule has 2 amide bonds. The van der Waals surface area contributed by atoms with E-state index in [4.69, 9.17) is 23.2 Å². The van der Waals surface area contributed by atoms with E-state index in [9.17, 15) is 18.0 Å². The molecule has 0 aliphatic rings. The zero-order valence-corrected chi connectivity index (χ0v) is 26.6. The lowest BCUT2D eigenvalue weighted by Crippen LogP contribution is -2.55. The molecule has 0 bridgehead atoms.